The number of nitrogens with one attached hydrogen (secondary N) is 3. The molecule has 0 bridgehead atoms. The van der Waals surface area contributed by atoms with Crippen molar-refractivity contribution >= 4 is 61.1 Å². The van der Waals surface area contributed by atoms with Gasteiger partial charge in [0.05, 0.1) is 27.1 Å². The normalized spacial score (nSPS) is 14.0. The Hall–Kier alpha value is -2.98. The molecule has 0 saturated heterocycles. The molecule has 3 heterocycles. The first-order valence-electron chi connectivity index (χ1n) is 8.17. The predicted octanol–water partition coefficient (Wildman–Crippen LogP) is 4.85. The number of carbonyl (C=O) groups excluding carboxylic acids is 1. The van der Waals surface area contributed by atoms with E-state index in [0.29, 0.717) is 11.6 Å². The van der Waals surface area contributed by atoms with Crippen LogP contribution in [0.2, 0.25) is 5.02 Å². The largest absolute Gasteiger partial charge is 0.353 e. The van der Waals surface area contributed by atoms with Crippen LogP contribution in [-0.4, -0.2) is 15.9 Å². The maximum atomic E-state index is 12.6. The minimum atomic E-state index is -0.0203. The number of carbonyl (C=O) groups is 1. The van der Waals surface area contributed by atoms with Crippen LogP contribution in [0, 0.1) is 0 Å². The lowest BCUT2D eigenvalue weighted by molar-refractivity contribution is 0.0967. The van der Waals surface area contributed by atoms with Crippen LogP contribution >= 0.6 is 11.6 Å². The van der Waals surface area contributed by atoms with E-state index >= 15 is 0 Å². The van der Waals surface area contributed by atoms with Crippen molar-refractivity contribution in [3.8, 4) is 0 Å². The highest BCUT2D eigenvalue weighted by atomic mass is 35.5. The zero-order chi connectivity index (χ0) is 16.7. The maximum absolute atomic E-state index is 12.6. The van der Waals surface area contributed by atoms with Crippen LogP contribution in [0.1, 0.15) is 15.9 Å². The van der Waals surface area contributed by atoms with Gasteiger partial charge in [0.15, 0.2) is 0 Å². The average Bonchev–Trinajstić information content (AvgIpc) is 3.28. The van der Waals surface area contributed by atoms with Crippen molar-refractivity contribution in [3.63, 3.8) is 0 Å². The molecule has 5 heteroatoms. The van der Waals surface area contributed by atoms with E-state index in [1.54, 1.807) is 0 Å². The molecule has 1 aliphatic rings. The van der Waals surface area contributed by atoms with E-state index in [4.69, 9.17) is 11.6 Å². The third-order valence-electron chi connectivity index (χ3n) is 5.25. The first kappa shape index (κ1) is 13.3. The fraction of sp³-hybridized carbons (Fsp3) is 0.0500. The van der Waals surface area contributed by atoms with Gasteiger partial charge in [-0.05, 0) is 17.7 Å². The van der Waals surface area contributed by atoms with Crippen molar-refractivity contribution in [2.75, 3.05) is 0 Å². The van der Waals surface area contributed by atoms with Crippen molar-refractivity contribution in [3.05, 3.63) is 58.6 Å². The van der Waals surface area contributed by atoms with Crippen molar-refractivity contribution in [2.24, 2.45) is 0 Å². The van der Waals surface area contributed by atoms with E-state index in [-0.39, 0.29) is 5.91 Å². The SMILES string of the molecule is O=C1NCc2c1c1c3cccc(Cl)c3[nH]c1c1[nH]c3ccccc3c21. The van der Waals surface area contributed by atoms with Gasteiger partial charge in [0.2, 0.25) is 0 Å². The summed E-state index contributed by atoms with van der Waals surface area (Å²) in [6, 6.07) is 14.0. The van der Waals surface area contributed by atoms with Crippen LogP contribution in [-0.2, 0) is 6.54 Å². The van der Waals surface area contributed by atoms with Crippen LogP contribution in [0.5, 0.6) is 0 Å². The third-order valence-corrected chi connectivity index (χ3v) is 5.56. The van der Waals surface area contributed by atoms with Gasteiger partial charge in [-0.3, -0.25) is 4.79 Å². The molecule has 0 atom stereocenters. The Bertz CT molecular complexity index is 1380. The lowest BCUT2D eigenvalue weighted by Crippen LogP contribution is -2.12. The molecular formula is C20H12ClN3O. The van der Waals surface area contributed by atoms with Crippen LogP contribution in [0.4, 0.5) is 0 Å². The van der Waals surface area contributed by atoms with E-state index < -0.39 is 0 Å². The van der Waals surface area contributed by atoms with E-state index in [1.807, 2.05) is 30.3 Å². The number of para-hydroxylation sites is 2. The molecule has 1 aliphatic heterocycles. The van der Waals surface area contributed by atoms with Crippen molar-refractivity contribution < 1.29 is 4.79 Å². The van der Waals surface area contributed by atoms with Crippen LogP contribution in [0.15, 0.2) is 42.5 Å². The number of amides is 1. The first-order chi connectivity index (χ1) is 12.2. The highest BCUT2D eigenvalue weighted by Crippen LogP contribution is 2.42. The van der Waals surface area contributed by atoms with Gasteiger partial charge in [0, 0.05) is 33.6 Å². The molecule has 6 rings (SSSR count). The second-order valence-corrected chi connectivity index (χ2v) is 6.90. The summed E-state index contributed by atoms with van der Waals surface area (Å²) in [7, 11) is 0. The summed E-state index contributed by atoms with van der Waals surface area (Å²) in [5.74, 6) is -0.0203. The zero-order valence-corrected chi connectivity index (χ0v) is 13.8. The Labute approximate surface area is 146 Å². The summed E-state index contributed by atoms with van der Waals surface area (Å²) in [5, 5.41) is 7.83. The Balaban J connectivity index is 2.01. The zero-order valence-electron chi connectivity index (χ0n) is 13.0. The van der Waals surface area contributed by atoms with Crippen molar-refractivity contribution in [1.82, 2.24) is 15.3 Å². The van der Waals surface area contributed by atoms with E-state index in [1.165, 1.54) is 0 Å². The van der Waals surface area contributed by atoms with Gasteiger partial charge < -0.3 is 15.3 Å². The van der Waals surface area contributed by atoms with Gasteiger partial charge in [-0.25, -0.2) is 0 Å². The number of H-pyrrole nitrogens is 2. The average molecular weight is 346 g/mol. The van der Waals surface area contributed by atoms with Gasteiger partial charge in [0.25, 0.3) is 5.91 Å². The highest BCUT2D eigenvalue weighted by Gasteiger charge is 2.29. The predicted molar refractivity (Wildman–Crippen MR) is 101 cm³/mol. The minimum Gasteiger partial charge on any atom is -0.353 e. The molecule has 2 aromatic heterocycles. The molecule has 0 radical (unpaired) electrons. The Morgan fingerprint density at radius 1 is 0.840 bits per heavy atom. The molecule has 0 unspecified atom stereocenters. The lowest BCUT2D eigenvalue weighted by Gasteiger charge is -2.03. The van der Waals surface area contributed by atoms with Gasteiger partial charge >= 0.3 is 0 Å². The van der Waals surface area contributed by atoms with E-state index in [9.17, 15) is 4.79 Å². The number of fused-ring (bicyclic) bond motifs is 10. The molecule has 120 valence electrons. The molecule has 3 aromatic carbocycles. The molecule has 5 aromatic rings. The van der Waals surface area contributed by atoms with Crippen LogP contribution in [0.25, 0.3) is 43.6 Å². The molecule has 1 amide bonds. The lowest BCUT2D eigenvalue weighted by atomic mass is 9.97. The fourth-order valence-corrected chi connectivity index (χ4v) is 4.45. The molecule has 4 nitrogen and oxygen atoms in total. The van der Waals surface area contributed by atoms with Gasteiger partial charge in [0.1, 0.15) is 0 Å². The quantitative estimate of drug-likeness (QED) is 0.369. The summed E-state index contributed by atoms with van der Waals surface area (Å²) in [6.07, 6.45) is 0. The van der Waals surface area contributed by atoms with Crippen molar-refractivity contribution in [2.45, 2.75) is 6.54 Å². The summed E-state index contributed by atoms with van der Waals surface area (Å²) in [6.45, 7) is 0.551. The number of aromatic nitrogens is 2. The topological polar surface area (TPSA) is 60.7 Å². The summed E-state index contributed by atoms with van der Waals surface area (Å²) in [5.41, 5.74) is 5.72. The van der Waals surface area contributed by atoms with Gasteiger partial charge in [-0.15, -0.1) is 0 Å². The standard InChI is InChI=1S/C20H12ClN3O/c21-12-6-3-5-10-15-16-11(8-22-20(16)25)14-9-4-1-2-7-13(9)23-18(14)19(15)24-17(10)12/h1-7,23-24H,8H2,(H,22,25). The highest BCUT2D eigenvalue weighted by molar-refractivity contribution is 6.38. The van der Waals surface area contributed by atoms with Crippen LogP contribution in [0.3, 0.4) is 0 Å². The van der Waals surface area contributed by atoms with Gasteiger partial charge in [-0.1, -0.05) is 41.9 Å². The molecule has 0 saturated carbocycles. The number of aromatic amines is 2. The molecule has 0 aliphatic carbocycles. The van der Waals surface area contributed by atoms with E-state index in [0.717, 1.165) is 54.7 Å². The monoisotopic (exact) mass is 345 g/mol. The maximum Gasteiger partial charge on any atom is 0.252 e. The molecule has 0 fully saturated rings. The number of hydrogen-bond acceptors (Lipinski definition) is 1. The third kappa shape index (κ3) is 1.51. The first-order valence-corrected chi connectivity index (χ1v) is 8.55. The number of rotatable bonds is 0. The Morgan fingerprint density at radius 3 is 2.56 bits per heavy atom. The molecule has 25 heavy (non-hydrogen) atoms. The van der Waals surface area contributed by atoms with E-state index in [2.05, 4.69) is 27.4 Å². The molecule has 0 spiro atoms. The molecular weight excluding hydrogens is 334 g/mol. The Kier molecular flexibility index (Phi) is 2.32. The minimum absolute atomic E-state index is 0.0203. The number of halogens is 1. The second-order valence-electron chi connectivity index (χ2n) is 6.49. The van der Waals surface area contributed by atoms with Crippen molar-refractivity contribution in [1.29, 1.82) is 0 Å². The van der Waals surface area contributed by atoms with Crippen LogP contribution < -0.4 is 5.32 Å². The molecule has 3 N–H and O–H groups in total. The number of benzene rings is 3. The Morgan fingerprint density at radius 2 is 1.64 bits per heavy atom. The van der Waals surface area contributed by atoms with Gasteiger partial charge in [-0.2, -0.15) is 0 Å². The summed E-state index contributed by atoms with van der Waals surface area (Å²) in [4.78, 5) is 19.6. The smallest absolute Gasteiger partial charge is 0.252 e. The second kappa shape index (κ2) is 4.35. The summed E-state index contributed by atoms with van der Waals surface area (Å²) >= 11 is 6.40. The number of hydrogen-bond donors (Lipinski definition) is 3. The summed E-state index contributed by atoms with van der Waals surface area (Å²) < 4.78 is 0. The fourth-order valence-electron chi connectivity index (χ4n) is 4.23.